The average Bonchev–Trinajstić information content (AvgIpc) is 2.37. The zero-order valence-electron chi connectivity index (χ0n) is 6.92. The molecule has 4 heteroatoms. The maximum absolute atomic E-state index is 10.9. The Morgan fingerprint density at radius 1 is 1.75 bits per heavy atom. The van der Waals surface area contributed by atoms with Crippen LogP contribution in [0.25, 0.3) is 0 Å². The molecule has 0 unspecified atom stereocenters. The Bertz CT molecular complexity index is 322. The summed E-state index contributed by atoms with van der Waals surface area (Å²) in [5.74, 6) is 0.576. The fourth-order valence-corrected chi connectivity index (χ4v) is 1.78. The summed E-state index contributed by atoms with van der Waals surface area (Å²) >= 11 is 1.44. The minimum Gasteiger partial charge on any atom is -0.294 e. The van der Waals surface area contributed by atoms with Crippen molar-refractivity contribution in [1.29, 1.82) is 5.26 Å². The largest absolute Gasteiger partial charge is 0.294 e. The van der Waals surface area contributed by atoms with Crippen molar-refractivity contribution < 1.29 is 4.79 Å². The monoisotopic (exact) mass is 180 g/mol. The van der Waals surface area contributed by atoms with Gasteiger partial charge in [-0.15, -0.1) is 0 Å². The number of ketones is 1. The minimum absolute atomic E-state index is 0.178. The van der Waals surface area contributed by atoms with Crippen LogP contribution in [-0.2, 0) is 4.79 Å². The molecule has 0 fully saturated rings. The van der Waals surface area contributed by atoms with E-state index in [4.69, 9.17) is 5.26 Å². The molecule has 0 amide bonds. The number of thioether (sulfide) groups is 1. The molecule has 0 aliphatic carbocycles. The van der Waals surface area contributed by atoms with E-state index in [0.717, 1.165) is 11.5 Å². The van der Waals surface area contributed by atoms with E-state index in [-0.39, 0.29) is 11.4 Å². The van der Waals surface area contributed by atoms with E-state index in [1.165, 1.54) is 18.7 Å². The maximum atomic E-state index is 10.9. The molecule has 62 valence electrons. The summed E-state index contributed by atoms with van der Waals surface area (Å²) in [6.07, 6.45) is 0. The predicted octanol–water partition coefficient (Wildman–Crippen LogP) is 1.52. The Hall–Kier alpha value is -1.08. The molecule has 1 aliphatic heterocycles. The number of nitriles is 1. The molecule has 0 bridgehead atoms. The Kier molecular flexibility index (Phi) is 2.66. The number of aliphatic imine (C=N–C) groups is 1. The highest BCUT2D eigenvalue weighted by Crippen LogP contribution is 2.27. The molecule has 0 spiro atoms. The lowest BCUT2D eigenvalue weighted by Crippen LogP contribution is -1.95. The van der Waals surface area contributed by atoms with Gasteiger partial charge in [-0.25, -0.2) is 4.99 Å². The summed E-state index contributed by atoms with van der Waals surface area (Å²) in [6, 6.07) is 1.87. The van der Waals surface area contributed by atoms with Crippen LogP contribution in [0.5, 0.6) is 0 Å². The first-order chi connectivity index (χ1) is 5.65. The van der Waals surface area contributed by atoms with Crippen molar-refractivity contribution in [3.05, 3.63) is 10.6 Å². The van der Waals surface area contributed by atoms with Crippen LogP contribution in [-0.4, -0.2) is 17.2 Å². The summed E-state index contributed by atoms with van der Waals surface area (Å²) in [7, 11) is 0. The summed E-state index contributed by atoms with van der Waals surface area (Å²) in [5.41, 5.74) is 1.14. The van der Waals surface area contributed by atoms with Gasteiger partial charge in [0.25, 0.3) is 0 Å². The summed E-state index contributed by atoms with van der Waals surface area (Å²) in [6.45, 7) is 3.27. The highest BCUT2D eigenvalue weighted by Gasteiger charge is 2.16. The van der Waals surface area contributed by atoms with Gasteiger partial charge in [0.2, 0.25) is 0 Å². The number of carbonyl (C=O) groups is 1. The van der Waals surface area contributed by atoms with Crippen molar-refractivity contribution in [1.82, 2.24) is 0 Å². The summed E-state index contributed by atoms with van der Waals surface area (Å²) < 4.78 is 0. The van der Waals surface area contributed by atoms with Gasteiger partial charge in [-0.1, -0.05) is 11.8 Å². The molecule has 1 rings (SSSR count). The Labute approximate surface area is 75.2 Å². The number of hydrogen-bond donors (Lipinski definition) is 0. The average molecular weight is 180 g/mol. The third-order valence-electron chi connectivity index (χ3n) is 1.39. The quantitative estimate of drug-likeness (QED) is 0.454. The van der Waals surface area contributed by atoms with Gasteiger partial charge < -0.3 is 0 Å². The van der Waals surface area contributed by atoms with Crippen molar-refractivity contribution in [2.24, 2.45) is 4.99 Å². The van der Waals surface area contributed by atoms with Crippen molar-refractivity contribution in [2.45, 2.75) is 13.8 Å². The second kappa shape index (κ2) is 3.55. The van der Waals surface area contributed by atoms with Crippen LogP contribution in [0, 0.1) is 11.3 Å². The van der Waals surface area contributed by atoms with Crippen LogP contribution < -0.4 is 0 Å². The van der Waals surface area contributed by atoms with Crippen molar-refractivity contribution in [2.75, 3.05) is 5.75 Å². The molecular weight excluding hydrogens is 172 g/mol. The number of nitrogens with zero attached hydrogens (tertiary/aromatic N) is 2. The lowest BCUT2D eigenvalue weighted by atomic mass is 10.2. The van der Waals surface area contributed by atoms with Gasteiger partial charge in [0, 0.05) is 11.5 Å². The zero-order chi connectivity index (χ0) is 9.14. The van der Waals surface area contributed by atoms with Gasteiger partial charge in [-0.3, -0.25) is 4.79 Å². The highest BCUT2D eigenvalue weighted by molar-refractivity contribution is 8.04. The van der Waals surface area contributed by atoms with E-state index in [1.807, 2.05) is 13.0 Å². The molecule has 0 N–H and O–H groups in total. The number of hydrogen-bond acceptors (Lipinski definition) is 4. The van der Waals surface area contributed by atoms with Gasteiger partial charge in [0.05, 0.1) is 0 Å². The van der Waals surface area contributed by atoms with Gasteiger partial charge in [0.15, 0.2) is 5.78 Å². The third-order valence-corrected chi connectivity index (χ3v) is 2.52. The Morgan fingerprint density at radius 3 is 2.75 bits per heavy atom. The second-order valence-electron chi connectivity index (χ2n) is 2.48. The molecule has 0 aromatic heterocycles. The number of Topliss-reactive ketones (excluding diaryl/α,β-unsaturated/α-hetero) is 1. The Morgan fingerprint density at radius 2 is 2.42 bits per heavy atom. The molecule has 0 saturated carbocycles. The molecule has 0 saturated heterocycles. The normalized spacial score (nSPS) is 19.9. The third kappa shape index (κ3) is 1.74. The van der Waals surface area contributed by atoms with Gasteiger partial charge in [-0.05, 0) is 13.8 Å². The van der Waals surface area contributed by atoms with Crippen LogP contribution in [0.1, 0.15) is 13.8 Å². The minimum atomic E-state index is -0.210. The standard InChI is InChI=1S/C8H8N2OS/c1-5-4-12-8(10-5)7(3-9)6(2)11/h4H2,1-2H3/b8-7-. The molecule has 1 heterocycles. The Balaban J connectivity index is 3.05. The number of carbonyl (C=O) groups excluding carboxylic acids is 1. The predicted molar refractivity (Wildman–Crippen MR) is 48.9 cm³/mol. The van der Waals surface area contributed by atoms with Gasteiger partial charge in [0.1, 0.15) is 16.7 Å². The van der Waals surface area contributed by atoms with Crippen LogP contribution in [0.4, 0.5) is 0 Å². The van der Waals surface area contributed by atoms with Crippen molar-refractivity contribution >= 4 is 23.3 Å². The molecule has 0 aromatic rings. The fraction of sp³-hybridized carbons (Fsp3) is 0.375. The first kappa shape index (κ1) is 9.01. The number of rotatable bonds is 1. The molecule has 3 nitrogen and oxygen atoms in total. The molecular formula is C8H8N2OS. The van der Waals surface area contributed by atoms with Crippen molar-refractivity contribution in [3.63, 3.8) is 0 Å². The molecule has 0 atom stereocenters. The van der Waals surface area contributed by atoms with Gasteiger partial charge in [-0.2, -0.15) is 5.26 Å². The van der Waals surface area contributed by atoms with E-state index in [9.17, 15) is 4.79 Å². The maximum Gasteiger partial charge on any atom is 0.173 e. The highest BCUT2D eigenvalue weighted by atomic mass is 32.2. The molecule has 0 radical (unpaired) electrons. The van der Waals surface area contributed by atoms with E-state index < -0.39 is 0 Å². The first-order valence-corrected chi connectivity index (χ1v) is 4.46. The van der Waals surface area contributed by atoms with E-state index in [2.05, 4.69) is 4.99 Å². The van der Waals surface area contributed by atoms with E-state index in [1.54, 1.807) is 0 Å². The van der Waals surface area contributed by atoms with Gasteiger partial charge >= 0.3 is 0 Å². The molecule has 12 heavy (non-hydrogen) atoms. The van der Waals surface area contributed by atoms with E-state index in [0.29, 0.717) is 5.03 Å². The van der Waals surface area contributed by atoms with Crippen LogP contribution >= 0.6 is 11.8 Å². The SMILES string of the molecule is CC(=O)/C(C#N)=C1/N=C(C)CS1. The van der Waals surface area contributed by atoms with Crippen molar-refractivity contribution in [3.8, 4) is 6.07 Å². The lowest BCUT2D eigenvalue weighted by Gasteiger charge is -1.93. The first-order valence-electron chi connectivity index (χ1n) is 3.47. The fourth-order valence-electron chi connectivity index (χ4n) is 0.816. The van der Waals surface area contributed by atoms with Crippen LogP contribution in [0.15, 0.2) is 15.6 Å². The molecule has 1 aliphatic rings. The topological polar surface area (TPSA) is 53.2 Å². The summed E-state index contributed by atoms with van der Waals surface area (Å²) in [5, 5.41) is 9.20. The zero-order valence-corrected chi connectivity index (χ0v) is 7.73. The second-order valence-corrected chi connectivity index (χ2v) is 3.45. The molecule has 0 aromatic carbocycles. The van der Waals surface area contributed by atoms with Crippen LogP contribution in [0.3, 0.4) is 0 Å². The number of allylic oxidation sites excluding steroid dienone is 1. The van der Waals surface area contributed by atoms with E-state index >= 15 is 0 Å². The summed E-state index contributed by atoms with van der Waals surface area (Å²) in [4.78, 5) is 15.0. The smallest absolute Gasteiger partial charge is 0.173 e. The van der Waals surface area contributed by atoms with Crippen LogP contribution in [0.2, 0.25) is 0 Å². The lowest BCUT2D eigenvalue weighted by molar-refractivity contribution is -0.113.